The Morgan fingerprint density at radius 1 is 0.564 bits per heavy atom. The number of alkyl carbamates (subject to hydrolysis) is 2. The van der Waals surface area contributed by atoms with E-state index in [-0.39, 0.29) is 18.1 Å². The lowest BCUT2D eigenvalue weighted by atomic mass is 9.67. The van der Waals surface area contributed by atoms with Gasteiger partial charge in [0.1, 0.15) is 39.6 Å². The van der Waals surface area contributed by atoms with Crippen LogP contribution in [-0.2, 0) is 61.9 Å². The van der Waals surface area contributed by atoms with Crippen molar-refractivity contribution in [3.63, 3.8) is 0 Å². The van der Waals surface area contributed by atoms with Gasteiger partial charge in [0.05, 0.1) is 30.7 Å². The lowest BCUT2D eigenvalue weighted by Crippen LogP contribution is -2.58. The standard InChI is InChI=1S/C38H54N2O15/c1-10-28(41)50-21-37(22-51-29(42)11-2,23-52-30(43)12-3)19-48-20-38(24-53-31(44)13-4,25-54-32(45)14-5)26-55-34(47)40-36(9)17-27(16-35(7,8)18-36)39-33(46)49-15-6/h10-14,27H,1-5,15-26H2,6-9H3,(H,39,46)(H,40,47). The first-order valence-corrected chi connectivity index (χ1v) is 17.2. The molecule has 0 radical (unpaired) electrons. The second-order valence-corrected chi connectivity index (χ2v) is 14.1. The van der Waals surface area contributed by atoms with Gasteiger partial charge in [0, 0.05) is 42.0 Å². The first-order valence-electron chi connectivity index (χ1n) is 17.2. The van der Waals surface area contributed by atoms with Gasteiger partial charge in [0.25, 0.3) is 0 Å². The molecule has 2 unspecified atom stereocenters. The monoisotopic (exact) mass is 778 g/mol. The van der Waals surface area contributed by atoms with E-state index in [4.69, 9.17) is 37.9 Å². The second-order valence-electron chi connectivity index (χ2n) is 14.1. The number of carbonyl (C=O) groups excluding carboxylic acids is 7. The molecular formula is C38H54N2O15. The molecule has 0 aromatic heterocycles. The van der Waals surface area contributed by atoms with E-state index < -0.39 is 111 Å². The van der Waals surface area contributed by atoms with Crippen LogP contribution in [0, 0.1) is 16.2 Å². The zero-order valence-corrected chi connectivity index (χ0v) is 32.1. The van der Waals surface area contributed by atoms with Gasteiger partial charge in [-0.05, 0) is 38.5 Å². The third kappa shape index (κ3) is 18.0. The summed E-state index contributed by atoms with van der Waals surface area (Å²) in [5.74, 6) is -4.28. The number of hydrogen-bond acceptors (Lipinski definition) is 15. The van der Waals surface area contributed by atoms with Crippen molar-refractivity contribution in [1.82, 2.24) is 10.6 Å². The van der Waals surface area contributed by atoms with Crippen molar-refractivity contribution < 1.29 is 71.5 Å². The molecule has 17 nitrogen and oxygen atoms in total. The zero-order valence-electron chi connectivity index (χ0n) is 32.1. The fourth-order valence-electron chi connectivity index (χ4n) is 5.92. The molecular weight excluding hydrogens is 724 g/mol. The summed E-state index contributed by atoms with van der Waals surface area (Å²) in [5.41, 5.74) is -4.33. The maximum absolute atomic E-state index is 13.5. The highest BCUT2D eigenvalue weighted by Crippen LogP contribution is 2.41. The lowest BCUT2D eigenvalue weighted by Gasteiger charge is -2.46. The van der Waals surface area contributed by atoms with Gasteiger partial charge in [-0.2, -0.15) is 0 Å². The normalized spacial score (nSPS) is 17.4. The minimum Gasteiger partial charge on any atom is -0.462 e. The van der Waals surface area contributed by atoms with Crippen LogP contribution in [0.2, 0.25) is 0 Å². The Hall–Kier alpha value is -5.45. The van der Waals surface area contributed by atoms with Crippen LogP contribution in [-0.4, -0.2) is 113 Å². The first-order chi connectivity index (χ1) is 25.8. The van der Waals surface area contributed by atoms with Crippen molar-refractivity contribution in [2.45, 2.75) is 58.5 Å². The van der Waals surface area contributed by atoms with Crippen LogP contribution in [0.3, 0.4) is 0 Å². The number of carbonyl (C=O) groups is 7. The highest BCUT2D eigenvalue weighted by atomic mass is 16.6. The molecule has 2 N–H and O–H groups in total. The number of hydrogen-bond donors (Lipinski definition) is 2. The van der Waals surface area contributed by atoms with Crippen molar-refractivity contribution in [3.05, 3.63) is 63.3 Å². The molecule has 2 atom stereocenters. The average molecular weight is 779 g/mol. The van der Waals surface area contributed by atoms with E-state index in [0.717, 1.165) is 30.4 Å². The summed E-state index contributed by atoms with van der Waals surface area (Å²) < 4.78 is 43.1. The largest absolute Gasteiger partial charge is 0.462 e. The molecule has 0 heterocycles. The predicted octanol–water partition coefficient (Wildman–Crippen LogP) is 3.43. The number of nitrogens with one attached hydrogen (secondary N) is 2. The molecule has 0 aromatic rings. The molecule has 55 heavy (non-hydrogen) atoms. The van der Waals surface area contributed by atoms with Gasteiger partial charge in [-0.1, -0.05) is 46.7 Å². The van der Waals surface area contributed by atoms with Crippen molar-refractivity contribution in [3.8, 4) is 0 Å². The third-order valence-electron chi connectivity index (χ3n) is 8.13. The van der Waals surface area contributed by atoms with Gasteiger partial charge < -0.3 is 48.5 Å². The smallest absolute Gasteiger partial charge is 0.407 e. The van der Waals surface area contributed by atoms with E-state index >= 15 is 0 Å². The van der Waals surface area contributed by atoms with Crippen LogP contribution in [0.15, 0.2) is 63.3 Å². The van der Waals surface area contributed by atoms with E-state index in [0.29, 0.717) is 19.3 Å². The molecule has 1 aliphatic rings. The van der Waals surface area contributed by atoms with Crippen LogP contribution in [0.5, 0.6) is 0 Å². The molecule has 1 saturated carbocycles. The maximum Gasteiger partial charge on any atom is 0.407 e. The molecule has 0 aromatic carbocycles. The summed E-state index contributed by atoms with van der Waals surface area (Å²) in [6, 6.07) is -0.334. The summed E-state index contributed by atoms with van der Waals surface area (Å²) in [7, 11) is 0. The minimum absolute atomic E-state index is 0.189. The van der Waals surface area contributed by atoms with E-state index in [9.17, 15) is 33.6 Å². The summed E-state index contributed by atoms with van der Waals surface area (Å²) in [5, 5.41) is 5.71. The average Bonchev–Trinajstić information content (AvgIpc) is 3.13. The van der Waals surface area contributed by atoms with Crippen molar-refractivity contribution in [2.24, 2.45) is 16.2 Å². The van der Waals surface area contributed by atoms with Gasteiger partial charge in [-0.3, -0.25) is 0 Å². The van der Waals surface area contributed by atoms with E-state index in [1.165, 1.54) is 0 Å². The molecule has 1 fully saturated rings. The fourth-order valence-corrected chi connectivity index (χ4v) is 5.92. The molecule has 1 rings (SSSR count). The number of rotatable bonds is 24. The van der Waals surface area contributed by atoms with Crippen molar-refractivity contribution in [1.29, 1.82) is 0 Å². The van der Waals surface area contributed by atoms with Crippen LogP contribution < -0.4 is 10.6 Å². The number of amides is 2. The highest BCUT2D eigenvalue weighted by molar-refractivity contribution is 5.83. The fraction of sp³-hybridized carbons (Fsp3) is 0.553. The van der Waals surface area contributed by atoms with Crippen LogP contribution in [0.25, 0.3) is 0 Å². The summed E-state index contributed by atoms with van der Waals surface area (Å²) in [6.07, 6.45) is 4.46. The van der Waals surface area contributed by atoms with Gasteiger partial charge in [0.15, 0.2) is 0 Å². The van der Waals surface area contributed by atoms with Gasteiger partial charge >= 0.3 is 42.0 Å². The van der Waals surface area contributed by atoms with Gasteiger partial charge in [-0.25, -0.2) is 33.6 Å². The lowest BCUT2D eigenvalue weighted by molar-refractivity contribution is -0.166. The van der Waals surface area contributed by atoms with E-state index in [1.54, 1.807) is 13.8 Å². The van der Waals surface area contributed by atoms with Crippen molar-refractivity contribution >= 4 is 42.0 Å². The molecule has 17 heteroatoms. The SMILES string of the molecule is C=CC(=O)OCC(COCC(COC(=O)C=C)(COC(=O)C=C)COC(=O)NC1(C)CC(NC(=O)OCC)CC(C)(C)C1)(COC(=O)C=C)COC(=O)C=C. The Kier molecular flexibility index (Phi) is 19.6. The van der Waals surface area contributed by atoms with Crippen molar-refractivity contribution in [2.75, 3.05) is 59.5 Å². The number of ether oxygens (including phenoxy) is 8. The molecule has 306 valence electrons. The minimum atomic E-state index is -1.60. The highest BCUT2D eigenvalue weighted by Gasteiger charge is 2.44. The predicted molar refractivity (Wildman–Crippen MR) is 196 cm³/mol. The Balaban J connectivity index is 3.46. The second kappa shape index (κ2) is 22.7. The van der Waals surface area contributed by atoms with Crippen LogP contribution >= 0.6 is 0 Å². The van der Waals surface area contributed by atoms with Crippen LogP contribution in [0.4, 0.5) is 9.59 Å². The molecule has 0 aliphatic heterocycles. The third-order valence-corrected chi connectivity index (χ3v) is 8.13. The summed E-state index contributed by atoms with van der Waals surface area (Å²) >= 11 is 0. The summed E-state index contributed by atoms with van der Waals surface area (Å²) in [4.78, 5) is 86.3. The van der Waals surface area contributed by atoms with Gasteiger partial charge in [0.2, 0.25) is 0 Å². The van der Waals surface area contributed by atoms with E-state index in [1.807, 2.05) is 13.8 Å². The van der Waals surface area contributed by atoms with Gasteiger partial charge in [-0.15, -0.1) is 0 Å². The Morgan fingerprint density at radius 3 is 1.27 bits per heavy atom. The molecule has 2 amide bonds. The zero-order chi connectivity index (χ0) is 41.7. The maximum atomic E-state index is 13.5. The Morgan fingerprint density at radius 2 is 0.927 bits per heavy atom. The van der Waals surface area contributed by atoms with Crippen LogP contribution in [0.1, 0.15) is 47.0 Å². The Bertz CT molecular complexity index is 1350. The van der Waals surface area contributed by atoms with E-state index in [2.05, 4.69) is 43.5 Å². The molecule has 0 bridgehead atoms. The molecule has 0 spiro atoms. The first kappa shape index (κ1) is 47.6. The topological polar surface area (TPSA) is 217 Å². The molecule has 1 aliphatic carbocycles. The quantitative estimate of drug-likeness (QED) is 0.0815. The summed E-state index contributed by atoms with van der Waals surface area (Å²) in [6.45, 7) is 20.3. The molecule has 0 saturated heterocycles. The number of esters is 5. The Labute approximate surface area is 321 Å².